The van der Waals surface area contributed by atoms with Gasteiger partial charge in [0, 0.05) is 37.2 Å². The topological polar surface area (TPSA) is 81.9 Å². The standard InChI is InChI=1S/C19H25N5O2/c1-12(2)18-23-22-16-7-6-15(10-24(16)18)21-19(25)14-5-8-17(20-9-14)26-11-13-3-4-13/h5,8-9,12-13,15H,3-4,6-7,10-11H2,1-2H3,(H,21,25)/t15-/m0/s1. The molecule has 7 heteroatoms. The molecule has 1 aliphatic carbocycles. The maximum atomic E-state index is 12.5. The molecule has 1 atom stereocenters. The van der Waals surface area contributed by atoms with Gasteiger partial charge in [0.1, 0.15) is 11.6 Å². The summed E-state index contributed by atoms with van der Waals surface area (Å²) in [6.45, 7) is 5.66. The van der Waals surface area contributed by atoms with E-state index in [0.717, 1.165) is 37.6 Å². The van der Waals surface area contributed by atoms with E-state index >= 15 is 0 Å². The summed E-state index contributed by atoms with van der Waals surface area (Å²) in [5.74, 6) is 3.49. The van der Waals surface area contributed by atoms with Crippen LogP contribution in [0, 0.1) is 5.92 Å². The molecule has 0 saturated heterocycles. The van der Waals surface area contributed by atoms with Crippen LogP contribution in [0.1, 0.15) is 61.0 Å². The lowest BCUT2D eigenvalue weighted by atomic mass is 10.1. The van der Waals surface area contributed by atoms with Crippen LogP contribution >= 0.6 is 0 Å². The first-order valence-electron chi connectivity index (χ1n) is 9.42. The molecule has 138 valence electrons. The summed E-state index contributed by atoms with van der Waals surface area (Å²) in [5.41, 5.74) is 0.558. The number of aryl methyl sites for hydroxylation is 1. The third-order valence-corrected chi connectivity index (χ3v) is 4.99. The van der Waals surface area contributed by atoms with Crippen molar-refractivity contribution in [3.8, 4) is 5.88 Å². The minimum Gasteiger partial charge on any atom is -0.477 e. The zero-order valence-corrected chi connectivity index (χ0v) is 15.3. The summed E-state index contributed by atoms with van der Waals surface area (Å²) in [7, 11) is 0. The third kappa shape index (κ3) is 3.71. The van der Waals surface area contributed by atoms with E-state index < -0.39 is 0 Å². The van der Waals surface area contributed by atoms with Gasteiger partial charge in [-0.05, 0) is 31.2 Å². The number of carbonyl (C=O) groups excluding carboxylic acids is 1. The molecule has 7 nitrogen and oxygen atoms in total. The van der Waals surface area contributed by atoms with E-state index in [9.17, 15) is 4.79 Å². The normalized spacial score (nSPS) is 19.3. The fourth-order valence-electron chi connectivity index (χ4n) is 3.25. The fourth-order valence-corrected chi connectivity index (χ4v) is 3.25. The summed E-state index contributed by atoms with van der Waals surface area (Å²) >= 11 is 0. The summed E-state index contributed by atoms with van der Waals surface area (Å²) in [6.07, 6.45) is 5.78. The summed E-state index contributed by atoms with van der Waals surface area (Å²) in [5, 5.41) is 11.7. The molecule has 2 aromatic heterocycles. The van der Waals surface area contributed by atoms with Gasteiger partial charge < -0.3 is 14.6 Å². The number of carbonyl (C=O) groups is 1. The van der Waals surface area contributed by atoms with Crippen LogP contribution in [0.5, 0.6) is 5.88 Å². The molecule has 1 fully saturated rings. The second-order valence-electron chi connectivity index (χ2n) is 7.59. The third-order valence-electron chi connectivity index (χ3n) is 4.99. The second-order valence-corrected chi connectivity index (χ2v) is 7.59. The van der Waals surface area contributed by atoms with Crippen molar-refractivity contribution in [2.45, 2.75) is 58.0 Å². The summed E-state index contributed by atoms with van der Waals surface area (Å²) < 4.78 is 7.77. The van der Waals surface area contributed by atoms with Crippen molar-refractivity contribution in [1.29, 1.82) is 0 Å². The zero-order valence-electron chi connectivity index (χ0n) is 15.3. The smallest absolute Gasteiger partial charge is 0.253 e. The fraction of sp³-hybridized carbons (Fsp3) is 0.579. The molecule has 26 heavy (non-hydrogen) atoms. The average Bonchev–Trinajstić information content (AvgIpc) is 3.37. The van der Waals surface area contributed by atoms with E-state index in [4.69, 9.17) is 4.74 Å². The molecule has 1 N–H and O–H groups in total. The first-order valence-corrected chi connectivity index (χ1v) is 9.42. The van der Waals surface area contributed by atoms with Crippen LogP contribution in [0.15, 0.2) is 18.3 Å². The van der Waals surface area contributed by atoms with E-state index in [0.29, 0.717) is 23.3 Å². The molecule has 0 unspecified atom stereocenters. The lowest BCUT2D eigenvalue weighted by Crippen LogP contribution is -2.41. The van der Waals surface area contributed by atoms with Gasteiger partial charge in [0.25, 0.3) is 5.91 Å². The largest absolute Gasteiger partial charge is 0.477 e. The monoisotopic (exact) mass is 355 g/mol. The van der Waals surface area contributed by atoms with Gasteiger partial charge in [-0.15, -0.1) is 10.2 Å². The first kappa shape index (κ1) is 17.0. The van der Waals surface area contributed by atoms with Gasteiger partial charge >= 0.3 is 0 Å². The van der Waals surface area contributed by atoms with Crippen molar-refractivity contribution in [3.63, 3.8) is 0 Å². The number of hydrogen-bond acceptors (Lipinski definition) is 5. The Morgan fingerprint density at radius 1 is 1.31 bits per heavy atom. The lowest BCUT2D eigenvalue weighted by Gasteiger charge is -2.26. The molecular weight excluding hydrogens is 330 g/mol. The van der Waals surface area contributed by atoms with Crippen molar-refractivity contribution in [1.82, 2.24) is 25.1 Å². The van der Waals surface area contributed by atoms with Crippen molar-refractivity contribution in [3.05, 3.63) is 35.5 Å². The Morgan fingerprint density at radius 2 is 2.15 bits per heavy atom. The molecule has 2 aromatic rings. The first-order chi connectivity index (χ1) is 12.6. The van der Waals surface area contributed by atoms with E-state index in [1.807, 2.05) is 0 Å². The van der Waals surface area contributed by atoms with Crippen LogP contribution in [-0.4, -0.2) is 38.3 Å². The van der Waals surface area contributed by atoms with Gasteiger partial charge in [-0.1, -0.05) is 13.8 Å². The minimum atomic E-state index is -0.0983. The number of pyridine rings is 1. The van der Waals surface area contributed by atoms with Crippen LogP contribution < -0.4 is 10.1 Å². The molecule has 1 aliphatic heterocycles. The minimum absolute atomic E-state index is 0.0780. The highest BCUT2D eigenvalue weighted by atomic mass is 16.5. The number of nitrogens with zero attached hydrogens (tertiary/aromatic N) is 4. The summed E-state index contributed by atoms with van der Waals surface area (Å²) in [4.78, 5) is 16.8. The van der Waals surface area contributed by atoms with E-state index in [2.05, 4.69) is 38.9 Å². The van der Waals surface area contributed by atoms with E-state index in [1.54, 1.807) is 18.3 Å². The summed E-state index contributed by atoms with van der Waals surface area (Å²) in [6, 6.07) is 3.62. The number of ether oxygens (including phenoxy) is 1. The Bertz CT molecular complexity index is 780. The molecule has 1 saturated carbocycles. The number of hydrogen-bond donors (Lipinski definition) is 1. The van der Waals surface area contributed by atoms with Crippen LogP contribution in [0.25, 0.3) is 0 Å². The zero-order chi connectivity index (χ0) is 18.1. The van der Waals surface area contributed by atoms with Gasteiger partial charge in [-0.25, -0.2) is 4.98 Å². The highest BCUT2D eigenvalue weighted by Crippen LogP contribution is 2.29. The van der Waals surface area contributed by atoms with Gasteiger partial charge in [-0.2, -0.15) is 0 Å². The Hall–Kier alpha value is -2.44. The SMILES string of the molecule is CC(C)c1nnc2n1C[C@@H](NC(=O)c1ccc(OCC3CC3)nc1)CC2. The maximum Gasteiger partial charge on any atom is 0.253 e. The highest BCUT2D eigenvalue weighted by Gasteiger charge is 2.25. The molecule has 0 spiro atoms. The van der Waals surface area contributed by atoms with Crippen LogP contribution in [0.2, 0.25) is 0 Å². The average molecular weight is 355 g/mol. The Morgan fingerprint density at radius 3 is 2.85 bits per heavy atom. The Kier molecular flexibility index (Phi) is 4.61. The maximum absolute atomic E-state index is 12.5. The quantitative estimate of drug-likeness (QED) is 0.860. The molecule has 4 rings (SSSR count). The highest BCUT2D eigenvalue weighted by molar-refractivity contribution is 5.94. The predicted molar refractivity (Wildman–Crippen MR) is 96.1 cm³/mol. The number of amides is 1. The molecule has 0 radical (unpaired) electrons. The lowest BCUT2D eigenvalue weighted by molar-refractivity contribution is 0.0926. The van der Waals surface area contributed by atoms with Gasteiger partial charge in [0.2, 0.25) is 5.88 Å². The van der Waals surface area contributed by atoms with Crippen molar-refractivity contribution < 1.29 is 9.53 Å². The molecule has 1 amide bonds. The van der Waals surface area contributed by atoms with E-state index in [-0.39, 0.29) is 11.9 Å². The van der Waals surface area contributed by atoms with Gasteiger partial charge in [0.05, 0.1) is 12.2 Å². The van der Waals surface area contributed by atoms with Crippen molar-refractivity contribution in [2.24, 2.45) is 5.92 Å². The molecule has 0 aromatic carbocycles. The second kappa shape index (κ2) is 7.05. The van der Waals surface area contributed by atoms with Crippen molar-refractivity contribution >= 4 is 5.91 Å². The molecule has 2 aliphatic rings. The molecule has 0 bridgehead atoms. The molecular formula is C19H25N5O2. The predicted octanol–water partition coefficient (Wildman–Crippen LogP) is 2.33. The van der Waals surface area contributed by atoms with Crippen LogP contribution in [0.4, 0.5) is 0 Å². The Labute approximate surface area is 153 Å². The van der Waals surface area contributed by atoms with Gasteiger partial charge in [-0.3, -0.25) is 4.79 Å². The number of aromatic nitrogens is 4. The Balaban J connectivity index is 1.36. The number of rotatable bonds is 6. The van der Waals surface area contributed by atoms with Crippen LogP contribution in [-0.2, 0) is 13.0 Å². The number of fused-ring (bicyclic) bond motifs is 1. The van der Waals surface area contributed by atoms with Gasteiger partial charge in [0.15, 0.2) is 0 Å². The number of nitrogens with one attached hydrogen (secondary N) is 1. The van der Waals surface area contributed by atoms with Crippen molar-refractivity contribution in [2.75, 3.05) is 6.61 Å². The molecule has 3 heterocycles. The van der Waals surface area contributed by atoms with Crippen LogP contribution in [0.3, 0.4) is 0 Å². The van der Waals surface area contributed by atoms with E-state index in [1.165, 1.54) is 12.8 Å².